The van der Waals surface area contributed by atoms with Gasteiger partial charge in [-0.3, -0.25) is 9.69 Å². The van der Waals surface area contributed by atoms with Crippen LogP contribution in [-0.2, 0) is 0 Å². The van der Waals surface area contributed by atoms with Crippen LogP contribution in [0.5, 0.6) is 5.75 Å². The van der Waals surface area contributed by atoms with Gasteiger partial charge in [-0.05, 0) is 81.4 Å². The van der Waals surface area contributed by atoms with Crippen LogP contribution in [0.1, 0.15) is 63.5 Å². The van der Waals surface area contributed by atoms with Crippen LogP contribution >= 0.6 is 22.7 Å². The normalized spacial score (nSPS) is 15.6. The third-order valence-electron chi connectivity index (χ3n) is 5.94. The Labute approximate surface area is 192 Å². The fourth-order valence-corrected chi connectivity index (χ4v) is 6.00. The summed E-state index contributed by atoms with van der Waals surface area (Å²) in [6, 6.07) is 12.4. The second-order valence-corrected chi connectivity index (χ2v) is 10.1. The maximum atomic E-state index is 12.9. The molecule has 1 aromatic carbocycles. The minimum absolute atomic E-state index is 0.0263. The van der Waals surface area contributed by atoms with E-state index in [9.17, 15) is 4.79 Å². The minimum Gasteiger partial charge on any atom is -0.494 e. The fraction of sp³-hybridized carbons (Fsp3) is 0.400. The summed E-state index contributed by atoms with van der Waals surface area (Å²) in [6.07, 6.45) is 3.72. The topological polar surface area (TPSA) is 41.6 Å². The van der Waals surface area contributed by atoms with Crippen molar-refractivity contribution >= 4 is 33.6 Å². The van der Waals surface area contributed by atoms with Crippen LogP contribution in [0.4, 0.5) is 5.00 Å². The van der Waals surface area contributed by atoms with E-state index in [4.69, 9.17) is 4.74 Å². The predicted molar refractivity (Wildman–Crippen MR) is 131 cm³/mol. The molecule has 1 aliphatic heterocycles. The summed E-state index contributed by atoms with van der Waals surface area (Å²) in [6.45, 7) is 9.15. The lowest BCUT2D eigenvalue weighted by atomic mass is 9.93. The summed E-state index contributed by atoms with van der Waals surface area (Å²) < 4.78 is 5.67. The van der Waals surface area contributed by atoms with Crippen LogP contribution in [0, 0.1) is 13.8 Å². The lowest BCUT2D eigenvalue weighted by Gasteiger charge is -2.36. The Morgan fingerprint density at radius 2 is 1.87 bits per heavy atom. The molecule has 1 N–H and O–H groups in total. The number of carbonyl (C=O) groups is 1. The van der Waals surface area contributed by atoms with Crippen LogP contribution < -0.4 is 10.1 Å². The molecular formula is C25H30N2O2S2. The first-order valence-corrected chi connectivity index (χ1v) is 12.7. The number of hydrogen-bond acceptors (Lipinski definition) is 5. The molecule has 0 bridgehead atoms. The van der Waals surface area contributed by atoms with Gasteiger partial charge < -0.3 is 10.1 Å². The van der Waals surface area contributed by atoms with Crippen molar-refractivity contribution in [3.05, 3.63) is 68.2 Å². The van der Waals surface area contributed by atoms with Crippen molar-refractivity contribution in [1.82, 2.24) is 4.90 Å². The highest BCUT2D eigenvalue weighted by Gasteiger charge is 2.30. The third kappa shape index (κ3) is 4.86. The summed E-state index contributed by atoms with van der Waals surface area (Å²) >= 11 is 3.16. The molecule has 1 atom stereocenters. The first-order valence-electron chi connectivity index (χ1n) is 11.0. The van der Waals surface area contributed by atoms with Crippen LogP contribution in [0.3, 0.4) is 0 Å². The van der Waals surface area contributed by atoms with Gasteiger partial charge in [0.25, 0.3) is 5.91 Å². The third-order valence-corrected chi connectivity index (χ3v) is 7.95. The second-order valence-electron chi connectivity index (χ2n) is 7.96. The smallest absolute Gasteiger partial charge is 0.266 e. The number of benzene rings is 1. The molecule has 0 spiro atoms. The second kappa shape index (κ2) is 9.98. The maximum absolute atomic E-state index is 12.9. The van der Waals surface area contributed by atoms with Crippen molar-refractivity contribution in [2.45, 2.75) is 46.1 Å². The van der Waals surface area contributed by atoms with Gasteiger partial charge in [0.05, 0.1) is 17.5 Å². The van der Waals surface area contributed by atoms with Gasteiger partial charge >= 0.3 is 0 Å². The Balaban J connectivity index is 1.74. The zero-order valence-electron chi connectivity index (χ0n) is 18.4. The van der Waals surface area contributed by atoms with E-state index in [1.54, 1.807) is 11.3 Å². The molecule has 0 unspecified atom stereocenters. The summed E-state index contributed by atoms with van der Waals surface area (Å²) in [5.74, 6) is 0.870. The Hall–Kier alpha value is -2.15. The summed E-state index contributed by atoms with van der Waals surface area (Å²) in [7, 11) is 0. The summed E-state index contributed by atoms with van der Waals surface area (Å²) in [5, 5.41) is 6.15. The van der Waals surface area contributed by atoms with Gasteiger partial charge in [0.2, 0.25) is 0 Å². The van der Waals surface area contributed by atoms with E-state index in [1.807, 2.05) is 24.4 Å². The average molecular weight is 455 g/mol. The van der Waals surface area contributed by atoms with E-state index in [-0.39, 0.29) is 11.9 Å². The Morgan fingerprint density at radius 3 is 2.52 bits per heavy atom. The van der Waals surface area contributed by atoms with E-state index in [2.05, 4.69) is 48.3 Å². The molecule has 1 fully saturated rings. The molecule has 2 aromatic heterocycles. The average Bonchev–Trinajstić information content (AvgIpc) is 3.41. The number of carbonyl (C=O) groups excluding carboxylic acids is 1. The monoisotopic (exact) mass is 454 g/mol. The fourth-order valence-electron chi connectivity index (χ4n) is 4.29. The number of piperidine rings is 1. The molecule has 164 valence electrons. The number of anilines is 1. The van der Waals surface area contributed by atoms with E-state index >= 15 is 0 Å². The molecule has 3 heterocycles. The lowest BCUT2D eigenvalue weighted by molar-refractivity contribution is 0.103. The molecule has 0 aliphatic carbocycles. The number of likely N-dealkylation sites (tertiary alicyclic amines) is 1. The van der Waals surface area contributed by atoms with Gasteiger partial charge in [0.1, 0.15) is 10.8 Å². The number of hydrogen-bond donors (Lipinski definition) is 1. The van der Waals surface area contributed by atoms with Gasteiger partial charge in [-0.1, -0.05) is 24.6 Å². The first kappa shape index (κ1) is 22.1. The van der Waals surface area contributed by atoms with Gasteiger partial charge in [0.15, 0.2) is 0 Å². The quantitative estimate of drug-likeness (QED) is 0.434. The molecule has 1 aliphatic rings. The van der Waals surface area contributed by atoms with Crippen molar-refractivity contribution < 1.29 is 9.53 Å². The summed E-state index contributed by atoms with van der Waals surface area (Å²) in [5.41, 5.74) is 3.76. The Morgan fingerprint density at radius 1 is 1.13 bits per heavy atom. The number of aryl methyl sites for hydroxylation is 1. The van der Waals surface area contributed by atoms with Crippen LogP contribution in [0.25, 0.3) is 0 Å². The van der Waals surface area contributed by atoms with Crippen molar-refractivity contribution in [2.24, 2.45) is 0 Å². The minimum atomic E-state index is -0.0263. The van der Waals surface area contributed by atoms with Gasteiger partial charge in [0, 0.05) is 10.4 Å². The van der Waals surface area contributed by atoms with Crippen LogP contribution in [-0.4, -0.2) is 30.5 Å². The number of ether oxygens (including phenoxy) is 1. The highest BCUT2D eigenvalue weighted by molar-refractivity contribution is 7.17. The first-order chi connectivity index (χ1) is 15.1. The van der Waals surface area contributed by atoms with Gasteiger partial charge in [-0.15, -0.1) is 22.7 Å². The molecule has 3 aromatic rings. The molecule has 4 nitrogen and oxygen atoms in total. The van der Waals surface area contributed by atoms with Crippen molar-refractivity contribution in [1.29, 1.82) is 0 Å². The zero-order chi connectivity index (χ0) is 21.8. The van der Waals surface area contributed by atoms with E-state index in [0.717, 1.165) is 28.7 Å². The van der Waals surface area contributed by atoms with E-state index in [0.29, 0.717) is 6.61 Å². The number of thiophene rings is 2. The zero-order valence-corrected chi connectivity index (χ0v) is 20.1. The summed E-state index contributed by atoms with van der Waals surface area (Å²) in [4.78, 5) is 17.4. The molecule has 1 saturated heterocycles. The highest BCUT2D eigenvalue weighted by atomic mass is 32.1. The number of rotatable bonds is 7. The molecular weight excluding hydrogens is 424 g/mol. The number of amides is 1. The number of nitrogens with one attached hydrogen (secondary N) is 1. The van der Waals surface area contributed by atoms with E-state index < -0.39 is 0 Å². The molecule has 1 amide bonds. The predicted octanol–water partition coefficient (Wildman–Crippen LogP) is 6.65. The van der Waals surface area contributed by atoms with Crippen molar-refractivity contribution in [2.75, 3.05) is 25.0 Å². The molecule has 0 saturated carbocycles. The molecule has 0 radical (unpaired) electrons. The lowest BCUT2D eigenvalue weighted by Crippen LogP contribution is -2.35. The molecule has 6 heteroatoms. The standard InChI is InChI=1S/C25H30N2O2S2/c1-4-29-20-12-10-19(11-13-20)23(27-14-6-5-7-15-27)22-17(2)18(3)31-25(22)26-24(28)21-9-8-16-30-21/h8-13,16,23H,4-7,14-15H2,1-3H3,(H,26,28)/t23-/m1/s1. The van der Waals surface area contributed by atoms with Crippen LogP contribution in [0.15, 0.2) is 41.8 Å². The van der Waals surface area contributed by atoms with Crippen molar-refractivity contribution in [3.63, 3.8) is 0 Å². The van der Waals surface area contributed by atoms with Crippen LogP contribution in [0.2, 0.25) is 0 Å². The van der Waals surface area contributed by atoms with Gasteiger partial charge in [-0.25, -0.2) is 0 Å². The molecule has 4 rings (SSSR count). The maximum Gasteiger partial charge on any atom is 0.266 e. The van der Waals surface area contributed by atoms with Crippen molar-refractivity contribution in [3.8, 4) is 5.75 Å². The highest BCUT2D eigenvalue weighted by Crippen LogP contribution is 2.43. The largest absolute Gasteiger partial charge is 0.494 e. The SMILES string of the molecule is CCOc1ccc([C@H](c2c(NC(=O)c3cccs3)sc(C)c2C)N2CCCCC2)cc1. The van der Waals surface area contributed by atoms with Gasteiger partial charge in [-0.2, -0.15) is 0 Å². The Kier molecular flexibility index (Phi) is 7.10. The number of nitrogens with zero attached hydrogens (tertiary/aromatic N) is 1. The molecule has 31 heavy (non-hydrogen) atoms. The Bertz CT molecular complexity index is 1000. The van der Waals surface area contributed by atoms with E-state index in [1.165, 1.54) is 52.2 Å².